The van der Waals surface area contributed by atoms with Gasteiger partial charge in [-0.3, -0.25) is 9.78 Å². The number of benzene rings is 1. The van der Waals surface area contributed by atoms with Gasteiger partial charge in [-0.05, 0) is 48.2 Å². The number of nitrogens with zero attached hydrogens (tertiary/aromatic N) is 2. The highest BCUT2D eigenvalue weighted by molar-refractivity contribution is 5.79. The molecule has 0 atom stereocenters. The molecule has 136 valence electrons. The van der Waals surface area contributed by atoms with Crippen molar-refractivity contribution in [1.29, 1.82) is 0 Å². The van der Waals surface area contributed by atoms with Crippen LogP contribution in [0.15, 0.2) is 42.7 Å². The molecule has 2 aromatic rings. The lowest BCUT2D eigenvalue weighted by Crippen LogP contribution is -2.41. The zero-order valence-electron chi connectivity index (χ0n) is 14.9. The first-order valence-electron chi connectivity index (χ1n) is 9.36. The van der Waals surface area contributed by atoms with Gasteiger partial charge in [-0.15, -0.1) is 0 Å². The lowest BCUT2D eigenvalue weighted by atomic mass is 9.93. The van der Waals surface area contributed by atoms with E-state index in [0.717, 1.165) is 35.5 Å². The maximum absolute atomic E-state index is 13.2. The molecule has 1 saturated carbocycles. The smallest absolute Gasteiger partial charge is 0.231 e. The van der Waals surface area contributed by atoms with Gasteiger partial charge in [-0.25, -0.2) is 0 Å². The van der Waals surface area contributed by atoms with Crippen LogP contribution in [0.3, 0.4) is 0 Å². The SMILES string of the molecule is O=C(Cc1ccc2c(c1)OCO2)N(Cc1ccncc1)C1CCCCC1. The number of rotatable bonds is 5. The van der Waals surface area contributed by atoms with Crippen molar-refractivity contribution in [2.24, 2.45) is 0 Å². The van der Waals surface area contributed by atoms with Crippen molar-refractivity contribution < 1.29 is 14.3 Å². The van der Waals surface area contributed by atoms with E-state index in [1.807, 2.05) is 30.3 Å². The second kappa shape index (κ2) is 7.77. The number of carbonyl (C=O) groups excluding carboxylic acids is 1. The molecule has 1 aliphatic heterocycles. The Morgan fingerprint density at radius 1 is 1.00 bits per heavy atom. The molecule has 1 aromatic heterocycles. The summed E-state index contributed by atoms with van der Waals surface area (Å²) in [5.74, 6) is 1.66. The van der Waals surface area contributed by atoms with Crippen molar-refractivity contribution in [2.45, 2.75) is 51.1 Å². The van der Waals surface area contributed by atoms with E-state index in [2.05, 4.69) is 9.88 Å². The Kier molecular flexibility index (Phi) is 5.04. The van der Waals surface area contributed by atoms with Crippen LogP contribution >= 0.6 is 0 Å². The molecule has 1 aromatic carbocycles. The first-order valence-corrected chi connectivity index (χ1v) is 9.36. The zero-order chi connectivity index (χ0) is 17.8. The first kappa shape index (κ1) is 16.9. The second-order valence-electron chi connectivity index (χ2n) is 7.03. The summed E-state index contributed by atoms with van der Waals surface area (Å²) in [5, 5.41) is 0. The molecule has 0 spiro atoms. The molecular weight excluding hydrogens is 328 g/mol. The summed E-state index contributed by atoms with van der Waals surface area (Å²) in [6.07, 6.45) is 9.83. The minimum Gasteiger partial charge on any atom is -0.454 e. The number of hydrogen-bond donors (Lipinski definition) is 0. The predicted molar refractivity (Wildman–Crippen MR) is 97.9 cm³/mol. The summed E-state index contributed by atoms with van der Waals surface area (Å²) in [6, 6.07) is 10.1. The van der Waals surface area contributed by atoms with Crippen LogP contribution in [0, 0.1) is 0 Å². The molecule has 0 bridgehead atoms. The van der Waals surface area contributed by atoms with Gasteiger partial charge < -0.3 is 14.4 Å². The van der Waals surface area contributed by atoms with Crippen molar-refractivity contribution in [3.8, 4) is 11.5 Å². The third kappa shape index (κ3) is 3.82. The fraction of sp³-hybridized carbons (Fsp3) is 0.429. The molecule has 1 aliphatic carbocycles. The third-order valence-corrected chi connectivity index (χ3v) is 5.23. The van der Waals surface area contributed by atoms with E-state index in [9.17, 15) is 4.79 Å². The minimum absolute atomic E-state index is 0.174. The van der Waals surface area contributed by atoms with Gasteiger partial charge in [0.15, 0.2) is 11.5 Å². The number of hydrogen-bond acceptors (Lipinski definition) is 4. The van der Waals surface area contributed by atoms with Crippen LogP contribution in [0.4, 0.5) is 0 Å². The standard InChI is InChI=1S/C21H24N2O3/c24-21(13-17-6-7-19-20(12-17)26-15-25-19)23(18-4-2-1-3-5-18)14-16-8-10-22-11-9-16/h6-12,18H,1-5,13-15H2. The normalized spacial score (nSPS) is 16.5. The number of fused-ring (bicyclic) bond motifs is 1. The number of amides is 1. The van der Waals surface area contributed by atoms with E-state index < -0.39 is 0 Å². The topological polar surface area (TPSA) is 51.7 Å². The monoisotopic (exact) mass is 352 g/mol. The van der Waals surface area contributed by atoms with Gasteiger partial charge in [-0.1, -0.05) is 25.3 Å². The molecule has 1 fully saturated rings. The molecule has 0 saturated heterocycles. The van der Waals surface area contributed by atoms with Crippen molar-refractivity contribution >= 4 is 5.91 Å². The van der Waals surface area contributed by atoms with E-state index in [1.54, 1.807) is 12.4 Å². The maximum Gasteiger partial charge on any atom is 0.231 e. The summed E-state index contributed by atoms with van der Waals surface area (Å²) < 4.78 is 10.8. The zero-order valence-corrected chi connectivity index (χ0v) is 14.9. The first-order chi connectivity index (χ1) is 12.8. The largest absolute Gasteiger partial charge is 0.454 e. The second-order valence-corrected chi connectivity index (χ2v) is 7.03. The Morgan fingerprint density at radius 2 is 1.77 bits per heavy atom. The van der Waals surface area contributed by atoms with Crippen molar-refractivity contribution in [3.05, 3.63) is 53.9 Å². The Labute approximate surface area is 153 Å². The fourth-order valence-electron chi connectivity index (χ4n) is 3.83. The van der Waals surface area contributed by atoms with Gasteiger partial charge >= 0.3 is 0 Å². The van der Waals surface area contributed by atoms with Gasteiger partial charge in [0.05, 0.1) is 6.42 Å². The van der Waals surface area contributed by atoms with Crippen LogP contribution < -0.4 is 9.47 Å². The van der Waals surface area contributed by atoms with Gasteiger partial charge in [0.2, 0.25) is 12.7 Å². The van der Waals surface area contributed by atoms with Crippen LogP contribution in [-0.4, -0.2) is 28.6 Å². The van der Waals surface area contributed by atoms with Gasteiger partial charge in [0, 0.05) is 25.0 Å². The third-order valence-electron chi connectivity index (χ3n) is 5.23. The van der Waals surface area contributed by atoms with Crippen LogP contribution in [-0.2, 0) is 17.8 Å². The van der Waals surface area contributed by atoms with Crippen molar-refractivity contribution in [1.82, 2.24) is 9.88 Å². The predicted octanol–water partition coefficient (Wildman–Crippen LogP) is 3.71. The molecule has 2 heterocycles. The van der Waals surface area contributed by atoms with E-state index in [0.29, 0.717) is 19.0 Å². The molecule has 26 heavy (non-hydrogen) atoms. The van der Waals surface area contributed by atoms with E-state index in [1.165, 1.54) is 19.3 Å². The summed E-state index contributed by atoms with van der Waals surface area (Å²) in [6.45, 7) is 0.902. The Morgan fingerprint density at radius 3 is 2.58 bits per heavy atom. The van der Waals surface area contributed by atoms with Crippen molar-refractivity contribution in [2.75, 3.05) is 6.79 Å². The summed E-state index contributed by atoms with van der Waals surface area (Å²) in [5.41, 5.74) is 2.10. The van der Waals surface area contributed by atoms with E-state index in [4.69, 9.17) is 9.47 Å². The van der Waals surface area contributed by atoms with Crippen LogP contribution in [0.2, 0.25) is 0 Å². The molecule has 2 aliphatic rings. The molecule has 0 unspecified atom stereocenters. The lowest BCUT2D eigenvalue weighted by Gasteiger charge is -2.34. The van der Waals surface area contributed by atoms with Crippen LogP contribution in [0.25, 0.3) is 0 Å². The highest BCUT2D eigenvalue weighted by atomic mass is 16.7. The quantitative estimate of drug-likeness (QED) is 0.823. The van der Waals surface area contributed by atoms with Crippen LogP contribution in [0.5, 0.6) is 11.5 Å². The van der Waals surface area contributed by atoms with Crippen LogP contribution in [0.1, 0.15) is 43.2 Å². The molecular formula is C21H24N2O3. The molecule has 5 heteroatoms. The Hall–Kier alpha value is -2.56. The minimum atomic E-state index is 0.174. The molecule has 4 rings (SSSR count). The Balaban J connectivity index is 1.51. The molecule has 5 nitrogen and oxygen atoms in total. The fourth-order valence-corrected chi connectivity index (χ4v) is 3.83. The lowest BCUT2D eigenvalue weighted by molar-refractivity contribution is -0.134. The average Bonchev–Trinajstić information content (AvgIpc) is 3.15. The number of aromatic nitrogens is 1. The molecule has 0 N–H and O–H groups in total. The molecule has 0 radical (unpaired) electrons. The summed E-state index contributed by atoms with van der Waals surface area (Å²) >= 11 is 0. The number of carbonyl (C=O) groups is 1. The summed E-state index contributed by atoms with van der Waals surface area (Å²) in [4.78, 5) is 19.3. The average molecular weight is 352 g/mol. The van der Waals surface area contributed by atoms with Gasteiger partial charge in [0.25, 0.3) is 0 Å². The van der Waals surface area contributed by atoms with E-state index >= 15 is 0 Å². The van der Waals surface area contributed by atoms with Gasteiger partial charge in [0.1, 0.15) is 0 Å². The summed E-state index contributed by atoms with van der Waals surface area (Å²) in [7, 11) is 0. The number of pyridine rings is 1. The van der Waals surface area contributed by atoms with Crippen molar-refractivity contribution in [3.63, 3.8) is 0 Å². The maximum atomic E-state index is 13.2. The Bertz CT molecular complexity index is 757. The van der Waals surface area contributed by atoms with E-state index in [-0.39, 0.29) is 12.7 Å². The molecule has 1 amide bonds. The highest BCUT2D eigenvalue weighted by Gasteiger charge is 2.26. The highest BCUT2D eigenvalue weighted by Crippen LogP contribution is 2.33. The van der Waals surface area contributed by atoms with Gasteiger partial charge in [-0.2, -0.15) is 0 Å². The number of ether oxygens (including phenoxy) is 2.